The van der Waals surface area contributed by atoms with E-state index in [2.05, 4.69) is 27.7 Å². The lowest BCUT2D eigenvalue weighted by Gasteiger charge is -2.40. The number of rotatable bonds is 2. The smallest absolute Gasteiger partial charge is 0.342 e. The quantitative estimate of drug-likeness (QED) is 0.567. The summed E-state index contributed by atoms with van der Waals surface area (Å²) < 4.78 is 5.04. The van der Waals surface area contributed by atoms with Crippen molar-refractivity contribution in [3.63, 3.8) is 0 Å². The summed E-state index contributed by atoms with van der Waals surface area (Å²) in [5.74, 6) is 0.871. The molecule has 0 heterocycles. The van der Waals surface area contributed by atoms with Gasteiger partial charge in [0.2, 0.25) is 0 Å². The van der Waals surface area contributed by atoms with Crippen molar-refractivity contribution in [3.05, 3.63) is 22.8 Å². The SMILES string of the molecule is CCOC(=O)C1=C2C(=CC1=O)[C@@H](C)[C@@H](C)[C@@H](C)[C@@H]2C. The Morgan fingerprint density at radius 2 is 1.74 bits per heavy atom. The second-order valence-electron chi connectivity index (χ2n) is 5.77. The van der Waals surface area contributed by atoms with Gasteiger partial charge in [0.1, 0.15) is 5.57 Å². The van der Waals surface area contributed by atoms with Gasteiger partial charge >= 0.3 is 5.97 Å². The highest BCUT2D eigenvalue weighted by Gasteiger charge is 2.43. The molecule has 0 amide bonds. The number of ether oxygens (including phenoxy) is 1. The van der Waals surface area contributed by atoms with Crippen LogP contribution >= 0.6 is 0 Å². The van der Waals surface area contributed by atoms with Gasteiger partial charge in [-0.05, 0) is 47.8 Å². The van der Waals surface area contributed by atoms with E-state index in [9.17, 15) is 9.59 Å². The van der Waals surface area contributed by atoms with E-state index in [0.29, 0.717) is 24.4 Å². The molecule has 2 aliphatic rings. The Morgan fingerprint density at radius 3 is 2.32 bits per heavy atom. The summed E-state index contributed by atoms with van der Waals surface area (Å²) in [6.07, 6.45) is 1.64. The molecule has 3 nitrogen and oxygen atoms in total. The lowest BCUT2D eigenvalue weighted by Crippen LogP contribution is -2.32. The van der Waals surface area contributed by atoms with Crippen LogP contribution < -0.4 is 0 Å². The highest BCUT2D eigenvalue weighted by atomic mass is 16.5. The zero-order valence-corrected chi connectivity index (χ0v) is 12.3. The molecule has 0 radical (unpaired) electrons. The average molecular weight is 262 g/mol. The van der Waals surface area contributed by atoms with Crippen molar-refractivity contribution in [2.75, 3.05) is 6.61 Å². The summed E-state index contributed by atoms with van der Waals surface area (Å²) in [6.45, 7) is 10.7. The van der Waals surface area contributed by atoms with Crippen LogP contribution in [0.3, 0.4) is 0 Å². The lowest BCUT2D eigenvalue weighted by molar-refractivity contribution is -0.139. The molecular weight excluding hydrogens is 240 g/mol. The standard InChI is InChI=1S/C16H22O3/c1-6-19-16(18)15-13(17)7-12-10(4)8(2)9(3)11(5)14(12)15/h7-11H,6H2,1-5H3/t8-,9+,10-,11-/m0/s1. The molecule has 1 saturated carbocycles. The number of hydrogen-bond acceptors (Lipinski definition) is 3. The Labute approximate surface area is 114 Å². The Kier molecular flexibility index (Phi) is 3.66. The van der Waals surface area contributed by atoms with E-state index in [4.69, 9.17) is 4.74 Å². The van der Waals surface area contributed by atoms with Gasteiger partial charge in [0, 0.05) is 0 Å². The van der Waals surface area contributed by atoms with Gasteiger partial charge in [0.25, 0.3) is 0 Å². The molecule has 0 N–H and O–H groups in total. The first kappa shape index (κ1) is 14.0. The Balaban J connectivity index is 2.50. The molecule has 2 aliphatic carbocycles. The average Bonchev–Trinajstić information content (AvgIpc) is 2.72. The number of ketones is 1. The second kappa shape index (κ2) is 4.95. The van der Waals surface area contributed by atoms with Gasteiger partial charge in [-0.2, -0.15) is 0 Å². The summed E-state index contributed by atoms with van der Waals surface area (Å²) >= 11 is 0. The topological polar surface area (TPSA) is 43.4 Å². The number of carbonyl (C=O) groups is 2. The fourth-order valence-electron chi connectivity index (χ4n) is 3.31. The van der Waals surface area contributed by atoms with Crippen LogP contribution in [0.15, 0.2) is 22.8 Å². The van der Waals surface area contributed by atoms with E-state index < -0.39 is 5.97 Å². The first-order valence-corrected chi connectivity index (χ1v) is 7.07. The molecule has 1 fully saturated rings. The van der Waals surface area contributed by atoms with Crippen LogP contribution in [-0.2, 0) is 14.3 Å². The summed E-state index contributed by atoms with van der Waals surface area (Å²) in [5.41, 5.74) is 2.25. The van der Waals surface area contributed by atoms with E-state index in [1.807, 2.05) is 0 Å². The molecule has 0 unspecified atom stereocenters. The molecule has 0 saturated heterocycles. The van der Waals surface area contributed by atoms with Gasteiger partial charge in [-0.25, -0.2) is 4.79 Å². The molecule has 104 valence electrons. The second-order valence-corrected chi connectivity index (χ2v) is 5.77. The first-order valence-electron chi connectivity index (χ1n) is 7.07. The van der Waals surface area contributed by atoms with Crippen LogP contribution in [0.5, 0.6) is 0 Å². The zero-order valence-electron chi connectivity index (χ0n) is 12.3. The fraction of sp³-hybridized carbons (Fsp3) is 0.625. The maximum atomic E-state index is 12.1. The van der Waals surface area contributed by atoms with Crippen molar-refractivity contribution in [2.45, 2.75) is 34.6 Å². The number of carbonyl (C=O) groups excluding carboxylic acids is 2. The maximum absolute atomic E-state index is 12.1. The monoisotopic (exact) mass is 262 g/mol. The number of esters is 1. The first-order chi connectivity index (χ1) is 8.90. The van der Waals surface area contributed by atoms with Crippen LogP contribution in [0.2, 0.25) is 0 Å². The van der Waals surface area contributed by atoms with Gasteiger partial charge in [-0.1, -0.05) is 27.7 Å². The Hall–Kier alpha value is -1.38. The van der Waals surface area contributed by atoms with Crippen LogP contribution in [-0.4, -0.2) is 18.4 Å². The van der Waals surface area contributed by atoms with Crippen LogP contribution in [0.1, 0.15) is 34.6 Å². The van der Waals surface area contributed by atoms with Gasteiger partial charge in [-0.15, -0.1) is 0 Å². The fourth-order valence-corrected chi connectivity index (χ4v) is 3.31. The minimum atomic E-state index is -0.463. The van der Waals surface area contributed by atoms with Crippen molar-refractivity contribution in [1.29, 1.82) is 0 Å². The third-order valence-electron chi connectivity index (χ3n) is 4.95. The molecule has 0 bridgehead atoms. The molecule has 0 aliphatic heterocycles. The molecule has 0 aromatic heterocycles. The van der Waals surface area contributed by atoms with E-state index in [1.54, 1.807) is 13.0 Å². The minimum absolute atomic E-state index is 0.177. The van der Waals surface area contributed by atoms with Gasteiger partial charge in [0.15, 0.2) is 5.78 Å². The van der Waals surface area contributed by atoms with E-state index in [0.717, 1.165) is 11.1 Å². The van der Waals surface area contributed by atoms with E-state index in [-0.39, 0.29) is 17.3 Å². The third-order valence-corrected chi connectivity index (χ3v) is 4.95. The molecule has 0 spiro atoms. The van der Waals surface area contributed by atoms with Gasteiger partial charge in [-0.3, -0.25) is 4.79 Å². The van der Waals surface area contributed by atoms with Crippen LogP contribution in [0.25, 0.3) is 0 Å². The largest absolute Gasteiger partial charge is 0.462 e. The van der Waals surface area contributed by atoms with Crippen molar-refractivity contribution < 1.29 is 14.3 Å². The minimum Gasteiger partial charge on any atom is -0.462 e. The van der Waals surface area contributed by atoms with Gasteiger partial charge in [0.05, 0.1) is 6.61 Å². The number of fused-ring (bicyclic) bond motifs is 1. The molecule has 0 aromatic carbocycles. The van der Waals surface area contributed by atoms with Crippen molar-refractivity contribution in [3.8, 4) is 0 Å². The number of hydrogen-bond donors (Lipinski definition) is 0. The predicted octanol–water partition coefficient (Wildman–Crippen LogP) is 2.91. The molecular formula is C16H22O3. The van der Waals surface area contributed by atoms with E-state index >= 15 is 0 Å². The highest BCUT2D eigenvalue weighted by molar-refractivity contribution is 6.25. The lowest BCUT2D eigenvalue weighted by atomic mass is 9.64. The molecule has 19 heavy (non-hydrogen) atoms. The zero-order chi connectivity index (χ0) is 14.3. The van der Waals surface area contributed by atoms with Crippen molar-refractivity contribution >= 4 is 11.8 Å². The Morgan fingerprint density at radius 1 is 1.16 bits per heavy atom. The number of allylic oxidation sites excluding steroid dienone is 3. The van der Waals surface area contributed by atoms with Gasteiger partial charge < -0.3 is 4.74 Å². The van der Waals surface area contributed by atoms with Crippen LogP contribution in [0, 0.1) is 23.7 Å². The predicted molar refractivity (Wildman–Crippen MR) is 73.4 cm³/mol. The van der Waals surface area contributed by atoms with E-state index in [1.165, 1.54) is 0 Å². The third kappa shape index (κ3) is 2.05. The Bertz CT molecular complexity index is 484. The summed E-state index contributed by atoms with van der Waals surface area (Å²) in [5, 5.41) is 0. The van der Waals surface area contributed by atoms with Crippen molar-refractivity contribution in [1.82, 2.24) is 0 Å². The van der Waals surface area contributed by atoms with Crippen molar-refractivity contribution in [2.24, 2.45) is 23.7 Å². The molecule has 4 atom stereocenters. The summed E-state index contributed by atoms with van der Waals surface area (Å²) in [4.78, 5) is 24.1. The summed E-state index contributed by atoms with van der Waals surface area (Å²) in [7, 11) is 0. The maximum Gasteiger partial charge on any atom is 0.342 e. The summed E-state index contributed by atoms with van der Waals surface area (Å²) in [6, 6.07) is 0. The normalized spacial score (nSPS) is 34.2. The molecule has 3 heteroatoms. The molecule has 2 rings (SSSR count). The molecule has 0 aromatic rings. The highest BCUT2D eigenvalue weighted by Crippen LogP contribution is 2.48. The van der Waals surface area contributed by atoms with Crippen LogP contribution in [0.4, 0.5) is 0 Å².